The van der Waals surface area contributed by atoms with E-state index in [-0.39, 0.29) is 5.91 Å². The van der Waals surface area contributed by atoms with Crippen molar-refractivity contribution in [3.05, 3.63) is 58.7 Å². The molecule has 0 aromatic heterocycles. The molecule has 0 aliphatic heterocycles. The van der Waals surface area contributed by atoms with Crippen LogP contribution in [-0.4, -0.2) is 20.1 Å². The first-order valence-corrected chi connectivity index (χ1v) is 7.82. The van der Waals surface area contributed by atoms with Gasteiger partial charge in [-0.15, -0.1) is 0 Å². The number of ether oxygens (including phenoxy) is 2. The lowest BCUT2D eigenvalue weighted by Gasteiger charge is -2.11. The average molecular weight is 311 g/mol. The summed E-state index contributed by atoms with van der Waals surface area (Å²) in [5.74, 6) is 1.30. The molecule has 0 heterocycles. The Morgan fingerprint density at radius 1 is 1.00 bits per heavy atom. The van der Waals surface area contributed by atoms with Crippen LogP contribution in [0.25, 0.3) is 0 Å². The second kappa shape index (κ2) is 6.73. The van der Waals surface area contributed by atoms with Gasteiger partial charge in [-0.05, 0) is 60.2 Å². The molecule has 4 nitrogen and oxygen atoms in total. The van der Waals surface area contributed by atoms with E-state index in [0.29, 0.717) is 18.0 Å². The number of amides is 1. The number of nitrogens with one attached hydrogen (secondary N) is 1. The van der Waals surface area contributed by atoms with E-state index in [0.717, 1.165) is 24.0 Å². The number of benzene rings is 2. The largest absolute Gasteiger partial charge is 0.493 e. The van der Waals surface area contributed by atoms with E-state index in [4.69, 9.17) is 9.47 Å². The van der Waals surface area contributed by atoms with Gasteiger partial charge in [-0.1, -0.05) is 12.1 Å². The first-order chi connectivity index (χ1) is 11.2. The first-order valence-electron chi connectivity index (χ1n) is 7.82. The van der Waals surface area contributed by atoms with Gasteiger partial charge < -0.3 is 14.8 Å². The fourth-order valence-electron chi connectivity index (χ4n) is 2.99. The molecule has 1 aliphatic carbocycles. The minimum Gasteiger partial charge on any atom is -0.493 e. The monoisotopic (exact) mass is 311 g/mol. The average Bonchev–Trinajstić information content (AvgIpc) is 3.06. The molecule has 3 rings (SSSR count). The number of fused-ring (bicyclic) bond motifs is 1. The summed E-state index contributed by atoms with van der Waals surface area (Å²) in [4.78, 5) is 12.3. The summed E-state index contributed by atoms with van der Waals surface area (Å²) in [5, 5.41) is 2.96. The van der Waals surface area contributed by atoms with E-state index in [1.54, 1.807) is 14.2 Å². The Morgan fingerprint density at radius 2 is 1.78 bits per heavy atom. The summed E-state index contributed by atoms with van der Waals surface area (Å²) in [6, 6.07) is 11.6. The highest BCUT2D eigenvalue weighted by molar-refractivity contribution is 5.94. The van der Waals surface area contributed by atoms with Crippen molar-refractivity contribution in [1.29, 1.82) is 0 Å². The molecule has 0 fully saturated rings. The van der Waals surface area contributed by atoms with Crippen LogP contribution in [-0.2, 0) is 19.4 Å². The van der Waals surface area contributed by atoms with Crippen LogP contribution in [0.3, 0.4) is 0 Å². The van der Waals surface area contributed by atoms with Gasteiger partial charge in [0, 0.05) is 12.1 Å². The quantitative estimate of drug-likeness (QED) is 0.923. The molecule has 1 aliphatic rings. The van der Waals surface area contributed by atoms with Crippen LogP contribution < -0.4 is 14.8 Å². The molecule has 2 aromatic rings. The van der Waals surface area contributed by atoms with Crippen LogP contribution in [0.2, 0.25) is 0 Å². The van der Waals surface area contributed by atoms with Crippen LogP contribution in [0.5, 0.6) is 11.5 Å². The number of hydrogen-bond donors (Lipinski definition) is 1. The summed E-state index contributed by atoms with van der Waals surface area (Å²) in [5.41, 5.74) is 4.38. The standard InChI is InChI=1S/C19H21NO3/c1-22-17-9-6-13(10-18(17)23-2)12-20-19(21)16-8-7-14-4-3-5-15(14)11-16/h6-11H,3-5,12H2,1-2H3,(H,20,21). The number of aryl methyl sites for hydroxylation is 2. The number of carbonyl (C=O) groups excluding carboxylic acids is 1. The van der Waals surface area contributed by atoms with Crippen LogP contribution in [0.15, 0.2) is 36.4 Å². The molecule has 0 bridgehead atoms. The highest BCUT2D eigenvalue weighted by atomic mass is 16.5. The van der Waals surface area contributed by atoms with Gasteiger partial charge in [-0.2, -0.15) is 0 Å². The zero-order valence-electron chi connectivity index (χ0n) is 13.5. The molecule has 0 saturated heterocycles. The maximum Gasteiger partial charge on any atom is 0.251 e. The van der Waals surface area contributed by atoms with Crippen molar-refractivity contribution in [2.45, 2.75) is 25.8 Å². The highest BCUT2D eigenvalue weighted by Crippen LogP contribution is 2.27. The van der Waals surface area contributed by atoms with Crippen molar-refractivity contribution in [2.24, 2.45) is 0 Å². The molecule has 1 N–H and O–H groups in total. The molecule has 0 radical (unpaired) electrons. The third-order valence-corrected chi connectivity index (χ3v) is 4.26. The SMILES string of the molecule is COc1ccc(CNC(=O)c2ccc3c(c2)CCC3)cc1OC. The number of methoxy groups -OCH3 is 2. The second-order valence-corrected chi connectivity index (χ2v) is 5.71. The Hall–Kier alpha value is -2.49. The van der Waals surface area contributed by atoms with E-state index in [2.05, 4.69) is 11.4 Å². The van der Waals surface area contributed by atoms with Gasteiger partial charge in [0.2, 0.25) is 0 Å². The third-order valence-electron chi connectivity index (χ3n) is 4.26. The molecule has 0 atom stereocenters. The minimum atomic E-state index is -0.0468. The predicted molar refractivity (Wildman–Crippen MR) is 89.2 cm³/mol. The van der Waals surface area contributed by atoms with Gasteiger partial charge in [0.25, 0.3) is 5.91 Å². The van der Waals surface area contributed by atoms with Crippen molar-refractivity contribution >= 4 is 5.91 Å². The number of carbonyl (C=O) groups is 1. The van der Waals surface area contributed by atoms with Gasteiger partial charge >= 0.3 is 0 Å². The minimum absolute atomic E-state index is 0.0468. The predicted octanol–water partition coefficient (Wildman–Crippen LogP) is 3.12. The van der Waals surface area contributed by atoms with Crippen molar-refractivity contribution in [1.82, 2.24) is 5.32 Å². The van der Waals surface area contributed by atoms with Crippen LogP contribution >= 0.6 is 0 Å². The summed E-state index contributed by atoms with van der Waals surface area (Å²) >= 11 is 0. The number of rotatable bonds is 5. The molecule has 0 spiro atoms. The summed E-state index contributed by atoms with van der Waals surface area (Å²) in [6.07, 6.45) is 3.39. The maximum atomic E-state index is 12.3. The van der Waals surface area contributed by atoms with E-state index in [1.165, 1.54) is 17.5 Å². The summed E-state index contributed by atoms with van der Waals surface area (Å²) in [6.45, 7) is 0.455. The molecule has 0 saturated carbocycles. The van der Waals surface area contributed by atoms with E-state index < -0.39 is 0 Å². The molecule has 2 aromatic carbocycles. The zero-order chi connectivity index (χ0) is 16.2. The fraction of sp³-hybridized carbons (Fsp3) is 0.316. The fourth-order valence-corrected chi connectivity index (χ4v) is 2.99. The molecule has 0 unspecified atom stereocenters. The maximum absolute atomic E-state index is 12.3. The van der Waals surface area contributed by atoms with E-state index in [1.807, 2.05) is 30.3 Å². The first kappa shape index (κ1) is 15.4. The molecular weight excluding hydrogens is 290 g/mol. The number of hydrogen-bond acceptors (Lipinski definition) is 3. The van der Waals surface area contributed by atoms with Gasteiger partial charge in [0.05, 0.1) is 14.2 Å². The topological polar surface area (TPSA) is 47.6 Å². The Labute approximate surface area is 136 Å². The summed E-state index contributed by atoms with van der Waals surface area (Å²) < 4.78 is 10.5. The molecule has 4 heteroatoms. The van der Waals surface area contributed by atoms with Crippen LogP contribution in [0.4, 0.5) is 0 Å². The second-order valence-electron chi connectivity index (χ2n) is 5.71. The van der Waals surface area contributed by atoms with Crippen molar-refractivity contribution in [3.8, 4) is 11.5 Å². The van der Waals surface area contributed by atoms with Gasteiger partial charge in [0.15, 0.2) is 11.5 Å². The van der Waals surface area contributed by atoms with Gasteiger partial charge in [-0.25, -0.2) is 0 Å². The van der Waals surface area contributed by atoms with Crippen LogP contribution in [0, 0.1) is 0 Å². The molecule has 120 valence electrons. The normalized spacial score (nSPS) is 12.6. The molecule has 23 heavy (non-hydrogen) atoms. The van der Waals surface area contributed by atoms with Crippen LogP contribution in [0.1, 0.15) is 33.5 Å². The lowest BCUT2D eigenvalue weighted by atomic mass is 10.1. The highest BCUT2D eigenvalue weighted by Gasteiger charge is 2.14. The third kappa shape index (κ3) is 3.31. The molecular formula is C19H21NO3. The van der Waals surface area contributed by atoms with Crippen molar-refractivity contribution < 1.29 is 14.3 Å². The summed E-state index contributed by atoms with van der Waals surface area (Å²) in [7, 11) is 3.21. The Bertz CT molecular complexity index is 725. The van der Waals surface area contributed by atoms with Gasteiger partial charge in [-0.3, -0.25) is 4.79 Å². The van der Waals surface area contributed by atoms with Crippen molar-refractivity contribution in [2.75, 3.05) is 14.2 Å². The van der Waals surface area contributed by atoms with Gasteiger partial charge in [0.1, 0.15) is 0 Å². The lowest BCUT2D eigenvalue weighted by Crippen LogP contribution is -2.22. The Kier molecular flexibility index (Phi) is 4.51. The Morgan fingerprint density at radius 3 is 2.57 bits per heavy atom. The lowest BCUT2D eigenvalue weighted by molar-refractivity contribution is 0.0951. The molecule has 1 amide bonds. The Balaban J connectivity index is 1.67. The zero-order valence-corrected chi connectivity index (χ0v) is 13.5. The van der Waals surface area contributed by atoms with E-state index in [9.17, 15) is 4.79 Å². The van der Waals surface area contributed by atoms with E-state index >= 15 is 0 Å². The van der Waals surface area contributed by atoms with Crippen molar-refractivity contribution in [3.63, 3.8) is 0 Å². The smallest absolute Gasteiger partial charge is 0.251 e.